The molecule has 0 aliphatic heterocycles. The molecular weight excluding hydrogens is 178 g/mol. The maximum absolute atomic E-state index is 5.12. The predicted molar refractivity (Wildman–Crippen MR) is 56.3 cm³/mol. The van der Waals surface area contributed by atoms with E-state index in [2.05, 4.69) is 10.3 Å². The van der Waals surface area contributed by atoms with Gasteiger partial charge in [0.1, 0.15) is 6.73 Å². The largest absolute Gasteiger partial charge is 0.364 e. The van der Waals surface area contributed by atoms with E-state index in [1.165, 1.54) is 0 Å². The number of hydrogen-bond acceptors (Lipinski definition) is 3. The van der Waals surface area contributed by atoms with Gasteiger partial charge < -0.3 is 10.1 Å². The van der Waals surface area contributed by atoms with Crippen molar-refractivity contribution in [3.63, 3.8) is 0 Å². The predicted octanol–water partition coefficient (Wildman–Crippen LogP) is 1.68. The molecule has 0 fully saturated rings. The number of aromatic nitrogens is 2. The molecule has 1 heterocycles. The van der Waals surface area contributed by atoms with Gasteiger partial charge in [0.2, 0.25) is 5.95 Å². The van der Waals surface area contributed by atoms with Gasteiger partial charge in [-0.05, 0) is 12.1 Å². The summed E-state index contributed by atoms with van der Waals surface area (Å²) in [7, 11) is 3.53. The van der Waals surface area contributed by atoms with E-state index < -0.39 is 0 Å². The van der Waals surface area contributed by atoms with E-state index >= 15 is 0 Å². The van der Waals surface area contributed by atoms with E-state index in [0.29, 0.717) is 6.73 Å². The third-order valence-corrected chi connectivity index (χ3v) is 2.14. The summed E-state index contributed by atoms with van der Waals surface area (Å²) in [6.07, 6.45) is 0. The first kappa shape index (κ1) is 9.02. The Balaban J connectivity index is 2.61. The molecule has 4 nitrogen and oxygen atoms in total. The van der Waals surface area contributed by atoms with Gasteiger partial charge in [-0.15, -0.1) is 0 Å². The number of benzene rings is 1. The van der Waals surface area contributed by atoms with Crippen LogP contribution in [0.5, 0.6) is 0 Å². The molecule has 0 saturated carbocycles. The van der Waals surface area contributed by atoms with Crippen LogP contribution in [0.3, 0.4) is 0 Å². The second-order valence-electron chi connectivity index (χ2n) is 3.02. The van der Waals surface area contributed by atoms with E-state index in [1.54, 1.807) is 7.11 Å². The highest BCUT2D eigenvalue weighted by atomic mass is 16.5. The lowest BCUT2D eigenvalue weighted by atomic mass is 10.3. The van der Waals surface area contributed by atoms with Crippen molar-refractivity contribution in [3.8, 4) is 0 Å². The number of nitrogens with one attached hydrogen (secondary N) is 1. The van der Waals surface area contributed by atoms with E-state index in [-0.39, 0.29) is 0 Å². The zero-order chi connectivity index (χ0) is 9.97. The number of hydrogen-bond donors (Lipinski definition) is 1. The molecule has 14 heavy (non-hydrogen) atoms. The molecule has 0 unspecified atom stereocenters. The number of nitrogens with zero attached hydrogens (tertiary/aromatic N) is 2. The molecule has 0 radical (unpaired) electrons. The second kappa shape index (κ2) is 3.67. The van der Waals surface area contributed by atoms with Crippen LogP contribution in [0.15, 0.2) is 24.3 Å². The van der Waals surface area contributed by atoms with Crippen molar-refractivity contribution in [1.82, 2.24) is 9.55 Å². The summed E-state index contributed by atoms with van der Waals surface area (Å²) >= 11 is 0. The minimum Gasteiger partial charge on any atom is -0.364 e. The van der Waals surface area contributed by atoms with Crippen LogP contribution in [0.25, 0.3) is 11.0 Å². The summed E-state index contributed by atoms with van der Waals surface area (Å²) in [5, 5.41) is 3.04. The Bertz CT molecular complexity index is 436. The van der Waals surface area contributed by atoms with Gasteiger partial charge in [-0.2, -0.15) is 0 Å². The molecule has 1 aromatic carbocycles. The molecule has 0 spiro atoms. The normalized spacial score (nSPS) is 10.7. The Morgan fingerprint density at radius 1 is 1.43 bits per heavy atom. The van der Waals surface area contributed by atoms with Crippen LogP contribution in [0.4, 0.5) is 5.95 Å². The van der Waals surface area contributed by atoms with Gasteiger partial charge in [0.05, 0.1) is 11.0 Å². The van der Waals surface area contributed by atoms with Gasteiger partial charge in [-0.1, -0.05) is 12.1 Å². The quantitative estimate of drug-likeness (QED) is 0.802. The maximum Gasteiger partial charge on any atom is 0.205 e. The molecule has 0 aliphatic rings. The summed E-state index contributed by atoms with van der Waals surface area (Å²) in [5.41, 5.74) is 2.06. The van der Waals surface area contributed by atoms with Gasteiger partial charge in [-0.25, -0.2) is 4.98 Å². The number of rotatable bonds is 3. The standard InChI is InChI=1S/C10H13N3O/c1-11-10-12-8-5-3-4-6-9(8)13(10)7-14-2/h3-6H,7H2,1-2H3,(H,11,12). The molecule has 0 amide bonds. The van der Waals surface area contributed by atoms with Crippen LogP contribution >= 0.6 is 0 Å². The molecule has 0 saturated heterocycles. The van der Waals surface area contributed by atoms with Crippen molar-refractivity contribution in [2.24, 2.45) is 0 Å². The van der Waals surface area contributed by atoms with Crippen LogP contribution in [0.2, 0.25) is 0 Å². The minimum atomic E-state index is 0.511. The molecule has 0 aliphatic carbocycles. The number of anilines is 1. The zero-order valence-corrected chi connectivity index (χ0v) is 8.32. The van der Waals surface area contributed by atoms with Crippen LogP contribution < -0.4 is 5.32 Å². The van der Waals surface area contributed by atoms with Crippen molar-refractivity contribution in [1.29, 1.82) is 0 Å². The second-order valence-corrected chi connectivity index (χ2v) is 3.02. The highest BCUT2D eigenvalue weighted by molar-refractivity contribution is 5.78. The monoisotopic (exact) mass is 191 g/mol. The van der Waals surface area contributed by atoms with Gasteiger partial charge >= 0.3 is 0 Å². The summed E-state index contributed by atoms with van der Waals surface area (Å²) in [6.45, 7) is 0.511. The Kier molecular flexibility index (Phi) is 2.37. The van der Waals surface area contributed by atoms with Gasteiger partial charge in [0, 0.05) is 14.2 Å². The fourth-order valence-corrected chi connectivity index (χ4v) is 1.53. The van der Waals surface area contributed by atoms with Crippen molar-refractivity contribution in [2.45, 2.75) is 6.73 Å². The van der Waals surface area contributed by atoms with Crippen LogP contribution in [-0.4, -0.2) is 23.7 Å². The fraction of sp³-hybridized carbons (Fsp3) is 0.300. The van der Waals surface area contributed by atoms with Crippen LogP contribution in [0.1, 0.15) is 0 Å². The lowest BCUT2D eigenvalue weighted by Crippen LogP contribution is -2.04. The number of para-hydroxylation sites is 2. The molecule has 0 bridgehead atoms. The highest BCUT2D eigenvalue weighted by Crippen LogP contribution is 2.18. The molecule has 1 aromatic heterocycles. The van der Waals surface area contributed by atoms with Gasteiger partial charge in [-0.3, -0.25) is 4.57 Å². The highest BCUT2D eigenvalue weighted by Gasteiger charge is 2.07. The van der Waals surface area contributed by atoms with E-state index in [9.17, 15) is 0 Å². The van der Waals surface area contributed by atoms with E-state index in [1.807, 2.05) is 35.9 Å². The third kappa shape index (κ3) is 1.33. The van der Waals surface area contributed by atoms with Crippen molar-refractivity contribution >= 4 is 17.0 Å². The topological polar surface area (TPSA) is 39.1 Å². The average molecular weight is 191 g/mol. The Morgan fingerprint density at radius 3 is 2.93 bits per heavy atom. The van der Waals surface area contributed by atoms with E-state index in [4.69, 9.17) is 4.74 Å². The molecule has 2 rings (SSSR count). The number of methoxy groups -OCH3 is 1. The lowest BCUT2D eigenvalue weighted by molar-refractivity contribution is 0.136. The number of ether oxygens (including phenoxy) is 1. The minimum absolute atomic E-state index is 0.511. The Hall–Kier alpha value is -1.55. The molecule has 2 aromatic rings. The van der Waals surface area contributed by atoms with Crippen LogP contribution in [0, 0.1) is 0 Å². The number of imidazole rings is 1. The van der Waals surface area contributed by atoms with Gasteiger partial charge in [0.15, 0.2) is 0 Å². The average Bonchev–Trinajstić information content (AvgIpc) is 2.58. The summed E-state index contributed by atoms with van der Waals surface area (Å²) in [5.74, 6) is 0.827. The molecule has 74 valence electrons. The SMILES string of the molecule is CNc1nc2ccccc2n1COC. The van der Waals surface area contributed by atoms with Gasteiger partial charge in [0.25, 0.3) is 0 Å². The molecule has 1 N–H and O–H groups in total. The summed E-state index contributed by atoms with van der Waals surface area (Å²) in [4.78, 5) is 4.42. The van der Waals surface area contributed by atoms with E-state index in [0.717, 1.165) is 17.0 Å². The van der Waals surface area contributed by atoms with Crippen molar-refractivity contribution < 1.29 is 4.74 Å². The first-order valence-corrected chi connectivity index (χ1v) is 4.48. The number of fused-ring (bicyclic) bond motifs is 1. The van der Waals surface area contributed by atoms with Crippen LogP contribution in [-0.2, 0) is 11.5 Å². The Labute approximate surface area is 82.5 Å². The first-order chi connectivity index (χ1) is 6.86. The maximum atomic E-state index is 5.12. The zero-order valence-electron chi connectivity index (χ0n) is 8.32. The Morgan fingerprint density at radius 2 is 2.21 bits per heavy atom. The fourth-order valence-electron chi connectivity index (χ4n) is 1.53. The van der Waals surface area contributed by atoms with Crippen molar-refractivity contribution in [2.75, 3.05) is 19.5 Å². The first-order valence-electron chi connectivity index (χ1n) is 4.48. The summed E-state index contributed by atoms with van der Waals surface area (Å²) in [6, 6.07) is 7.99. The molecule has 0 atom stereocenters. The lowest BCUT2D eigenvalue weighted by Gasteiger charge is -2.05. The smallest absolute Gasteiger partial charge is 0.205 e. The molecule has 4 heteroatoms. The summed E-state index contributed by atoms with van der Waals surface area (Å²) < 4.78 is 7.12. The molecular formula is C10H13N3O. The van der Waals surface area contributed by atoms with Crippen molar-refractivity contribution in [3.05, 3.63) is 24.3 Å². The third-order valence-electron chi connectivity index (χ3n) is 2.14.